The van der Waals surface area contributed by atoms with E-state index in [4.69, 9.17) is 10.2 Å². The summed E-state index contributed by atoms with van der Waals surface area (Å²) >= 11 is 0. The third-order valence-corrected chi connectivity index (χ3v) is 7.87. The minimum atomic E-state index is 0.0450. The fraction of sp³-hybridized carbons (Fsp3) is 0.400. The van der Waals surface area contributed by atoms with E-state index in [-0.39, 0.29) is 11.8 Å². The molecule has 0 bridgehead atoms. The number of H-pyrrole nitrogens is 1. The second kappa shape index (κ2) is 10.2. The molecule has 0 aliphatic carbocycles. The maximum atomic E-state index is 13.3. The summed E-state index contributed by atoms with van der Waals surface area (Å²) in [4.78, 5) is 37.2. The average molecular weight is 496 g/mol. The zero-order valence-electron chi connectivity index (χ0n) is 21.8. The van der Waals surface area contributed by atoms with Crippen molar-refractivity contribution in [3.63, 3.8) is 0 Å². The number of amides is 2. The Bertz CT molecular complexity index is 1350. The number of aromatic nitrogens is 2. The van der Waals surface area contributed by atoms with E-state index in [1.54, 1.807) is 6.92 Å². The van der Waals surface area contributed by atoms with Crippen molar-refractivity contribution < 1.29 is 9.59 Å². The lowest BCUT2D eigenvalue weighted by Gasteiger charge is -2.39. The topological polar surface area (TPSA) is 93.1 Å². The Hall–Kier alpha value is -3.92. The molecule has 7 nitrogen and oxygen atoms in total. The number of aryl methyl sites for hydroxylation is 2. The Morgan fingerprint density at radius 3 is 2.38 bits per heavy atom. The molecule has 2 aliphatic rings. The minimum Gasteiger partial charge on any atom is -0.345 e. The Kier molecular flexibility index (Phi) is 6.84. The molecule has 190 valence electrons. The van der Waals surface area contributed by atoms with E-state index in [2.05, 4.69) is 30.1 Å². The van der Waals surface area contributed by atoms with Crippen LogP contribution in [0.3, 0.4) is 0 Å². The molecule has 2 fully saturated rings. The van der Waals surface area contributed by atoms with Gasteiger partial charge in [0.05, 0.1) is 18.2 Å². The van der Waals surface area contributed by atoms with Crippen molar-refractivity contribution in [2.45, 2.75) is 51.9 Å². The van der Waals surface area contributed by atoms with Gasteiger partial charge in [0.25, 0.3) is 5.91 Å². The molecule has 3 aromatic rings. The zero-order chi connectivity index (χ0) is 26.1. The van der Waals surface area contributed by atoms with E-state index in [1.807, 2.05) is 47.1 Å². The number of carbonyl (C=O) groups excluding carboxylic acids is 2. The number of nitriles is 1. The highest BCUT2D eigenvalue weighted by molar-refractivity contribution is 5.96. The number of likely N-dealkylation sites (tertiary alicyclic amines) is 2. The zero-order valence-corrected chi connectivity index (χ0v) is 21.8. The summed E-state index contributed by atoms with van der Waals surface area (Å²) in [7, 11) is 0. The van der Waals surface area contributed by atoms with Crippen molar-refractivity contribution in [3.05, 3.63) is 76.2 Å². The van der Waals surface area contributed by atoms with Crippen LogP contribution in [-0.4, -0.2) is 57.8 Å². The number of rotatable bonds is 5. The summed E-state index contributed by atoms with van der Waals surface area (Å²) < 4.78 is 0. The summed E-state index contributed by atoms with van der Waals surface area (Å²) in [5.74, 6) is 1.78. The van der Waals surface area contributed by atoms with Gasteiger partial charge in [-0.3, -0.25) is 9.59 Å². The molecule has 2 amide bonds. The van der Waals surface area contributed by atoms with Gasteiger partial charge >= 0.3 is 0 Å². The van der Waals surface area contributed by atoms with Crippen LogP contribution in [0, 0.1) is 25.2 Å². The molecule has 0 unspecified atom stereocenters. The number of benzene rings is 2. The third-order valence-electron chi connectivity index (χ3n) is 7.87. The fourth-order valence-electron chi connectivity index (χ4n) is 5.45. The predicted octanol–water partition coefficient (Wildman–Crippen LogP) is 4.73. The van der Waals surface area contributed by atoms with Crippen molar-refractivity contribution in [2.24, 2.45) is 0 Å². The molecular formula is C30H33N5O2. The SMILES string of the molecule is CC(=O)N1CCC(c2nc(-c3cc(C(=O)N4CC(c5ccc(CC#N)cc5)C4)ccc3C)c(C)[nH]2)CC1. The summed E-state index contributed by atoms with van der Waals surface area (Å²) in [5, 5.41) is 8.86. The quantitative estimate of drug-likeness (QED) is 0.554. The van der Waals surface area contributed by atoms with Gasteiger partial charge in [-0.1, -0.05) is 30.3 Å². The van der Waals surface area contributed by atoms with Gasteiger partial charge in [-0.25, -0.2) is 4.98 Å². The van der Waals surface area contributed by atoms with Crippen LogP contribution in [0.4, 0.5) is 0 Å². The molecule has 1 N–H and O–H groups in total. The van der Waals surface area contributed by atoms with Gasteiger partial charge in [-0.2, -0.15) is 5.26 Å². The molecule has 2 aromatic carbocycles. The van der Waals surface area contributed by atoms with Crippen molar-refractivity contribution in [1.82, 2.24) is 19.8 Å². The van der Waals surface area contributed by atoms with E-state index >= 15 is 0 Å². The number of carbonyl (C=O) groups is 2. The Labute approximate surface area is 218 Å². The van der Waals surface area contributed by atoms with Crippen LogP contribution < -0.4 is 0 Å². The van der Waals surface area contributed by atoms with Crippen molar-refractivity contribution in [2.75, 3.05) is 26.2 Å². The Morgan fingerprint density at radius 1 is 1.03 bits per heavy atom. The molecule has 2 aliphatic heterocycles. The number of nitrogens with one attached hydrogen (secondary N) is 1. The van der Waals surface area contributed by atoms with Gasteiger partial charge in [0.1, 0.15) is 5.82 Å². The van der Waals surface area contributed by atoms with Gasteiger partial charge < -0.3 is 14.8 Å². The van der Waals surface area contributed by atoms with E-state index < -0.39 is 0 Å². The monoisotopic (exact) mass is 495 g/mol. The lowest BCUT2D eigenvalue weighted by atomic mass is 9.89. The first kappa shape index (κ1) is 24.8. The number of imidazole rings is 1. The van der Waals surface area contributed by atoms with Crippen LogP contribution in [0.25, 0.3) is 11.3 Å². The van der Waals surface area contributed by atoms with Crippen LogP contribution >= 0.6 is 0 Å². The van der Waals surface area contributed by atoms with Gasteiger partial charge in [-0.15, -0.1) is 0 Å². The average Bonchev–Trinajstić information content (AvgIpc) is 3.26. The normalized spacial score (nSPS) is 16.4. The van der Waals surface area contributed by atoms with Crippen molar-refractivity contribution in [1.29, 1.82) is 5.26 Å². The Morgan fingerprint density at radius 2 is 1.73 bits per heavy atom. The van der Waals surface area contributed by atoms with Crippen molar-refractivity contribution >= 4 is 11.8 Å². The smallest absolute Gasteiger partial charge is 0.253 e. The molecule has 7 heteroatoms. The van der Waals surface area contributed by atoms with E-state index in [0.717, 1.165) is 59.8 Å². The van der Waals surface area contributed by atoms with Crippen LogP contribution in [0.2, 0.25) is 0 Å². The molecule has 1 aromatic heterocycles. The predicted molar refractivity (Wildman–Crippen MR) is 142 cm³/mol. The fourth-order valence-corrected chi connectivity index (χ4v) is 5.45. The number of hydrogen-bond acceptors (Lipinski definition) is 4. The number of aromatic amines is 1. The molecule has 0 spiro atoms. The van der Waals surface area contributed by atoms with Gasteiger partial charge in [0.15, 0.2) is 0 Å². The largest absolute Gasteiger partial charge is 0.345 e. The lowest BCUT2D eigenvalue weighted by molar-refractivity contribution is -0.129. The summed E-state index contributed by atoms with van der Waals surface area (Å²) in [6.07, 6.45) is 2.22. The first-order valence-corrected chi connectivity index (χ1v) is 13.0. The molecule has 37 heavy (non-hydrogen) atoms. The van der Waals surface area contributed by atoms with Crippen LogP contribution in [0.15, 0.2) is 42.5 Å². The van der Waals surface area contributed by atoms with E-state index in [9.17, 15) is 9.59 Å². The van der Waals surface area contributed by atoms with Crippen LogP contribution in [0.5, 0.6) is 0 Å². The summed E-state index contributed by atoms with van der Waals surface area (Å²) in [5.41, 5.74) is 6.88. The maximum Gasteiger partial charge on any atom is 0.253 e. The van der Waals surface area contributed by atoms with Gasteiger partial charge in [0.2, 0.25) is 5.91 Å². The number of piperidine rings is 1. The Balaban J connectivity index is 1.28. The molecule has 0 atom stereocenters. The third kappa shape index (κ3) is 5.01. The summed E-state index contributed by atoms with van der Waals surface area (Å²) in [6, 6.07) is 16.2. The second-order valence-electron chi connectivity index (χ2n) is 10.4. The van der Waals surface area contributed by atoms with Gasteiger partial charge in [-0.05, 0) is 55.5 Å². The number of nitrogens with zero attached hydrogens (tertiary/aromatic N) is 4. The minimum absolute atomic E-state index is 0.0450. The molecular weight excluding hydrogens is 462 g/mol. The van der Waals surface area contributed by atoms with E-state index in [1.165, 1.54) is 5.56 Å². The van der Waals surface area contributed by atoms with Crippen LogP contribution in [0.1, 0.15) is 70.2 Å². The molecule has 3 heterocycles. The summed E-state index contributed by atoms with van der Waals surface area (Å²) in [6.45, 7) is 8.64. The molecule has 0 radical (unpaired) electrons. The first-order valence-electron chi connectivity index (χ1n) is 13.0. The van der Waals surface area contributed by atoms with Gasteiger partial charge in [0, 0.05) is 61.8 Å². The molecule has 2 saturated heterocycles. The van der Waals surface area contributed by atoms with Crippen molar-refractivity contribution in [3.8, 4) is 17.3 Å². The second-order valence-corrected chi connectivity index (χ2v) is 10.4. The highest BCUT2D eigenvalue weighted by atomic mass is 16.2. The molecule has 5 rings (SSSR count). The lowest BCUT2D eigenvalue weighted by Crippen LogP contribution is -2.48. The maximum absolute atomic E-state index is 13.3. The molecule has 0 saturated carbocycles. The highest BCUT2D eigenvalue weighted by Crippen LogP contribution is 2.33. The first-order chi connectivity index (χ1) is 17.8. The number of hydrogen-bond donors (Lipinski definition) is 1. The van der Waals surface area contributed by atoms with Crippen LogP contribution in [-0.2, 0) is 11.2 Å². The van der Waals surface area contributed by atoms with E-state index in [0.29, 0.717) is 36.9 Å². The standard InChI is InChI=1S/C30H33N5O2/c1-19-4-7-25(30(37)35-17-26(18-35)23-8-5-22(6-9-23)10-13-31)16-27(19)28-20(2)32-29(33-28)24-11-14-34(15-12-24)21(3)36/h4-9,16,24,26H,10-12,14-15,17-18H2,1-3H3,(H,32,33). The highest BCUT2D eigenvalue weighted by Gasteiger charge is 2.32.